The smallest absolute Gasteiger partial charge is 0.319 e. The molecule has 9 nitrogen and oxygen atoms in total. The van der Waals surface area contributed by atoms with E-state index >= 15 is 0 Å². The van der Waals surface area contributed by atoms with Crippen molar-refractivity contribution in [1.82, 2.24) is 10.3 Å². The van der Waals surface area contributed by atoms with E-state index in [1.807, 2.05) is 12.1 Å². The van der Waals surface area contributed by atoms with E-state index in [9.17, 15) is 14.9 Å². The van der Waals surface area contributed by atoms with Crippen molar-refractivity contribution in [3.05, 3.63) is 58.3 Å². The predicted molar refractivity (Wildman–Crippen MR) is 96.2 cm³/mol. The molecule has 2 N–H and O–H groups in total. The first-order valence-corrected chi connectivity index (χ1v) is 8.19. The number of non-ortho nitro benzene ring substituents is 1. The molecule has 0 aliphatic carbocycles. The van der Waals surface area contributed by atoms with Gasteiger partial charge in [-0.15, -0.1) is 0 Å². The van der Waals surface area contributed by atoms with Gasteiger partial charge >= 0.3 is 6.03 Å². The van der Waals surface area contributed by atoms with Gasteiger partial charge in [-0.3, -0.25) is 10.1 Å². The quantitative estimate of drug-likeness (QED) is 0.627. The molecule has 3 rings (SSSR count). The third-order valence-corrected chi connectivity index (χ3v) is 3.93. The maximum absolute atomic E-state index is 12.1. The lowest BCUT2D eigenvalue weighted by Gasteiger charge is -2.29. The summed E-state index contributed by atoms with van der Waals surface area (Å²) in [5.41, 5.74) is 1.17. The molecule has 0 bridgehead atoms. The number of anilines is 2. The van der Waals surface area contributed by atoms with Crippen molar-refractivity contribution >= 4 is 23.2 Å². The van der Waals surface area contributed by atoms with E-state index in [4.69, 9.17) is 4.74 Å². The summed E-state index contributed by atoms with van der Waals surface area (Å²) in [6.45, 7) is 3.10. The zero-order chi connectivity index (χ0) is 18.4. The van der Waals surface area contributed by atoms with Gasteiger partial charge in [0.2, 0.25) is 0 Å². The van der Waals surface area contributed by atoms with Crippen LogP contribution in [-0.4, -0.2) is 42.2 Å². The number of morpholine rings is 1. The lowest BCUT2D eigenvalue weighted by atomic mass is 10.2. The number of ether oxygens (including phenoxy) is 1. The topological polar surface area (TPSA) is 110 Å². The Morgan fingerprint density at radius 1 is 1.27 bits per heavy atom. The zero-order valence-electron chi connectivity index (χ0n) is 14.1. The molecule has 26 heavy (non-hydrogen) atoms. The van der Waals surface area contributed by atoms with Crippen LogP contribution >= 0.6 is 0 Å². The van der Waals surface area contributed by atoms with Crippen molar-refractivity contribution in [3.8, 4) is 0 Å². The fourth-order valence-electron chi connectivity index (χ4n) is 2.68. The summed E-state index contributed by atoms with van der Waals surface area (Å²) in [6.07, 6.45) is 1.72. The predicted octanol–water partition coefficient (Wildman–Crippen LogP) is 2.15. The number of pyridine rings is 1. The summed E-state index contributed by atoms with van der Waals surface area (Å²) in [4.78, 5) is 28.9. The fraction of sp³-hybridized carbons (Fsp3) is 0.294. The maximum Gasteiger partial charge on any atom is 0.319 e. The molecule has 2 amide bonds. The Labute approximate surface area is 150 Å². The third kappa shape index (κ3) is 4.45. The number of rotatable bonds is 5. The first-order chi connectivity index (χ1) is 12.6. The number of nitrogens with zero attached hydrogens (tertiary/aromatic N) is 3. The highest BCUT2D eigenvalue weighted by Gasteiger charge is 2.16. The monoisotopic (exact) mass is 357 g/mol. The van der Waals surface area contributed by atoms with Crippen molar-refractivity contribution in [2.24, 2.45) is 0 Å². The van der Waals surface area contributed by atoms with Gasteiger partial charge in [-0.25, -0.2) is 9.78 Å². The lowest BCUT2D eigenvalue weighted by Crippen LogP contribution is -2.38. The Kier molecular flexibility index (Phi) is 5.59. The molecule has 1 fully saturated rings. The number of aromatic nitrogens is 1. The number of carbonyl (C=O) groups is 1. The average molecular weight is 357 g/mol. The number of amides is 2. The van der Waals surface area contributed by atoms with Crippen LogP contribution in [0.5, 0.6) is 0 Å². The molecular weight excluding hydrogens is 338 g/mol. The van der Waals surface area contributed by atoms with Crippen molar-refractivity contribution < 1.29 is 14.5 Å². The van der Waals surface area contributed by atoms with E-state index in [0.29, 0.717) is 25.4 Å². The van der Waals surface area contributed by atoms with Crippen LogP contribution in [0.25, 0.3) is 0 Å². The molecule has 2 aromatic rings. The normalized spacial score (nSPS) is 13.9. The minimum Gasteiger partial charge on any atom is -0.378 e. The maximum atomic E-state index is 12.1. The van der Waals surface area contributed by atoms with Gasteiger partial charge < -0.3 is 20.3 Å². The Morgan fingerprint density at radius 3 is 2.85 bits per heavy atom. The lowest BCUT2D eigenvalue weighted by molar-refractivity contribution is -0.384. The summed E-state index contributed by atoms with van der Waals surface area (Å²) < 4.78 is 5.35. The average Bonchev–Trinajstić information content (AvgIpc) is 2.67. The van der Waals surface area contributed by atoms with Crippen LogP contribution < -0.4 is 15.5 Å². The van der Waals surface area contributed by atoms with Gasteiger partial charge in [0.1, 0.15) is 5.82 Å². The van der Waals surface area contributed by atoms with E-state index in [0.717, 1.165) is 24.5 Å². The van der Waals surface area contributed by atoms with E-state index in [1.54, 1.807) is 12.3 Å². The Hall–Kier alpha value is -3.20. The van der Waals surface area contributed by atoms with Gasteiger partial charge in [0.05, 0.1) is 18.1 Å². The van der Waals surface area contributed by atoms with Crippen LogP contribution in [-0.2, 0) is 11.3 Å². The molecule has 0 atom stereocenters. The van der Waals surface area contributed by atoms with Crippen LogP contribution in [0.2, 0.25) is 0 Å². The molecule has 0 saturated carbocycles. The molecule has 1 aliphatic rings. The van der Waals surface area contributed by atoms with Gasteiger partial charge in [-0.2, -0.15) is 0 Å². The number of carbonyl (C=O) groups excluding carboxylic acids is 1. The van der Waals surface area contributed by atoms with Crippen molar-refractivity contribution in [3.63, 3.8) is 0 Å². The van der Waals surface area contributed by atoms with Crippen LogP contribution in [0.3, 0.4) is 0 Å². The van der Waals surface area contributed by atoms with Crippen molar-refractivity contribution in [2.45, 2.75) is 6.54 Å². The molecule has 1 saturated heterocycles. The molecule has 9 heteroatoms. The van der Waals surface area contributed by atoms with Crippen LogP contribution in [0.1, 0.15) is 5.56 Å². The molecule has 0 unspecified atom stereocenters. The molecule has 136 valence electrons. The highest BCUT2D eigenvalue weighted by molar-refractivity contribution is 5.89. The highest BCUT2D eigenvalue weighted by Crippen LogP contribution is 2.19. The molecular formula is C17H19N5O4. The number of nitrogens with one attached hydrogen (secondary N) is 2. The van der Waals surface area contributed by atoms with Gasteiger partial charge in [-0.05, 0) is 12.1 Å². The number of hydrogen-bond acceptors (Lipinski definition) is 6. The SMILES string of the molecule is O=C(NCc1cccnc1N1CCOCC1)Nc1cccc([N+](=O)[O-])c1. The summed E-state index contributed by atoms with van der Waals surface area (Å²) in [5, 5.41) is 16.1. The van der Waals surface area contributed by atoms with Crippen LogP contribution in [0.15, 0.2) is 42.6 Å². The number of hydrogen-bond donors (Lipinski definition) is 2. The zero-order valence-corrected chi connectivity index (χ0v) is 14.1. The number of nitro benzene ring substituents is 1. The number of urea groups is 1. The Balaban J connectivity index is 1.61. The second kappa shape index (κ2) is 8.26. The highest BCUT2D eigenvalue weighted by atomic mass is 16.6. The second-order valence-electron chi connectivity index (χ2n) is 5.70. The van der Waals surface area contributed by atoms with Crippen molar-refractivity contribution in [2.75, 3.05) is 36.5 Å². The van der Waals surface area contributed by atoms with E-state index in [2.05, 4.69) is 20.5 Å². The minimum atomic E-state index is -0.507. The minimum absolute atomic E-state index is 0.0790. The summed E-state index contributed by atoms with van der Waals surface area (Å²) in [7, 11) is 0. The Bertz CT molecular complexity index is 792. The first-order valence-electron chi connectivity index (χ1n) is 8.19. The molecule has 1 aromatic heterocycles. The summed E-state index contributed by atoms with van der Waals surface area (Å²) in [5.74, 6) is 0.825. The Morgan fingerprint density at radius 2 is 2.08 bits per heavy atom. The molecule has 0 radical (unpaired) electrons. The number of benzene rings is 1. The van der Waals surface area contributed by atoms with Gasteiger partial charge in [0.15, 0.2) is 0 Å². The van der Waals surface area contributed by atoms with E-state index < -0.39 is 11.0 Å². The van der Waals surface area contributed by atoms with Gasteiger partial charge in [-0.1, -0.05) is 12.1 Å². The first kappa shape index (κ1) is 17.6. The molecule has 1 aromatic carbocycles. The van der Waals surface area contributed by atoms with Gasteiger partial charge in [0, 0.05) is 49.2 Å². The van der Waals surface area contributed by atoms with E-state index in [1.165, 1.54) is 18.2 Å². The third-order valence-electron chi connectivity index (χ3n) is 3.93. The molecule has 0 spiro atoms. The summed E-state index contributed by atoms with van der Waals surface area (Å²) in [6, 6.07) is 9.07. The second-order valence-corrected chi connectivity index (χ2v) is 5.70. The van der Waals surface area contributed by atoms with Crippen LogP contribution in [0, 0.1) is 10.1 Å². The van der Waals surface area contributed by atoms with Gasteiger partial charge in [0.25, 0.3) is 5.69 Å². The van der Waals surface area contributed by atoms with Crippen molar-refractivity contribution in [1.29, 1.82) is 0 Å². The largest absolute Gasteiger partial charge is 0.378 e. The standard InChI is InChI=1S/C17H19N5O4/c23-17(20-14-4-1-5-15(11-14)22(24)25)19-12-13-3-2-6-18-16(13)21-7-9-26-10-8-21/h1-6,11H,7-10,12H2,(H2,19,20,23). The summed E-state index contributed by atoms with van der Waals surface area (Å²) >= 11 is 0. The number of nitro groups is 1. The fourth-order valence-corrected chi connectivity index (χ4v) is 2.68. The van der Waals surface area contributed by atoms with E-state index in [-0.39, 0.29) is 5.69 Å². The molecule has 1 aliphatic heterocycles. The van der Waals surface area contributed by atoms with Crippen LogP contribution in [0.4, 0.5) is 22.0 Å². The molecule has 2 heterocycles.